The van der Waals surface area contributed by atoms with Crippen LogP contribution in [-0.2, 0) is 11.2 Å². The lowest BCUT2D eigenvalue weighted by atomic mass is 9.85. The smallest absolute Gasteiger partial charge is 0.228 e. The van der Waals surface area contributed by atoms with Gasteiger partial charge in [-0.15, -0.1) is 0 Å². The Morgan fingerprint density at radius 3 is 2.76 bits per heavy atom. The number of halogens is 1. The van der Waals surface area contributed by atoms with E-state index in [2.05, 4.69) is 5.32 Å². The molecule has 0 aromatic heterocycles. The van der Waals surface area contributed by atoms with E-state index in [1.165, 1.54) is 32.1 Å². The molecule has 1 aromatic rings. The molecule has 0 atom stereocenters. The molecule has 0 unspecified atom stereocenters. The number of carbonyl (C=O) groups is 2. The number of Topliss-reactive ketones (excluding diaryl/α,β-unsaturated/α-hetero) is 1. The van der Waals surface area contributed by atoms with Crippen molar-refractivity contribution in [2.75, 3.05) is 5.32 Å². The number of hydrogen-bond acceptors (Lipinski definition) is 2. The van der Waals surface area contributed by atoms with Gasteiger partial charge in [-0.05, 0) is 30.0 Å². The number of nitrogens with one attached hydrogen (secondary N) is 1. The molecular formula is C17H20ClNO2. The first-order valence-electron chi connectivity index (χ1n) is 7.79. The van der Waals surface area contributed by atoms with Crippen molar-refractivity contribution in [2.45, 2.75) is 51.4 Å². The van der Waals surface area contributed by atoms with Crippen molar-refractivity contribution < 1.29 is 9.59 Å². The zero-order valence-corrected chi connectivity index (χ0v) is 12.8. The molecule has 2 aliphatic rings. The number of carbonyl (C=O) groups excluding carboxylic acids is 2. The molecule has 0 radical (unpaired) electrons. The fraction of sp³-hybridized carbons (Fsp3) is 0.529. The van der Waals surface area contributed by atoms with Crippen molar-refractivity contribution in [3.63, 3.8) is 0 Å². The minimum absolute atomic E-state index is 0.0344. The van der Waals surface area contributed by atoms with Gasteiger partial charge in [0.1, 0.15) is 0 Å². The molecule has 112 valence electrons. The molecule has 3 nitrogen and oxygen atoms in total. The Morgan fingerprint density at radius 1 is 1.24 bits per heavy atom. The Kier molecular flexibility index (Phi) is 4.29. The van der Waals surface area contributed by atoms with Gasteiger partial charge in [-0.2, -0.15) is 0 Å². The summed E-state index contributed by atoms with van der Waals surface area (Å²) < 4.78 is 0. The standard InChI is InChI=1S/C17H20ClNO2/c18-14-10-15-12(9-17(21)19-15)8-13(14)16(20)7-6-11-4-2-1-3-5-11/h8,10-11H,1-7,9H2,(H,19,21). The molecule has 1 heterocycles. The maximum absolute atomic E-state index is 12.4. The van der Waals surface area contributed by atoms with Gasteiger partial charge in [0.15, 0.2) is 5.78 Å². The summed E-state index contributed by atoms with van der Waals surface area (Å²) in [5.41, 5.74) is 2.20. The Bertz CT molecular complexity index is 576. The van der Waals surface area contributed by atoms with Crippen molar-refractivity contribution in [3.8, 4) is 0 Å². The minimum atomic E-state index is -0.0344. The van der Waals surface area contributed by atoms with Crippen molar-refractivity contribution in [1.82, 2.24) is 0 Å². The number of rotatable bonds is 4. The third-order valence-electron chi connectivity index (χ3n) is 4.62. The van der Waals surface area contributed by atoms with Gasteiger partial charge in [-0.1, -0.05) is 43.7 Å². The number of amides is 1. The van der Waals surface area contributed by atoms with Crippen LogP contribution in [0.2, 0.25) is 5.02 Å². The van der Waals surface area contributed by atoms with Gasteiger partial charge in [0, 0.05) is 17.7 Å². The fourth-order valence-corrected chi connectivity index (χ4v) is 3.68. The highest BCUT2D eigenvalue weighted by Crippen LogP contribution is 2.32. The van der Waals surface area contributed by atoms with Crippen LogP contribution in [0, 0.1) is 5.92 Å². The summed E-state index contributed by atoms with van der Waals surface area (Å²) in [6.07, 6.45) is 8.30. The van der Waals surface area contributed by atoms with Crippen LogP contribution in [0.15, 0.2) is 12.1 Å². The van der Waals surface area contributed by atoms with E-state index in [1.54, 1.807) is 12.1 Å². The first kappa shape index (κ1) is 14.6. The second kappa shape index (κ2) is 6.18. The van der Waals surface area contributed by atoms with Gasteiger partial charge in [0.05, 0.1) is 11.4 Å². The molecule has 4 heteroatoms. The van der Waals surface area contributed by atoms with Gasteiger partial charge in [0.2, 0.25) is 5.91 Å². The highest BCUT2D eigenvalue weighted by molar-refractivity contribution is 6.34. The summed E-state index contributed by atoms with van der Waals surface area (Å²) in [5.74, 6) is 0.764. The van der Waals surface area contributed by atoms with Crippen molar-refractivity contribution in [1.29, 1.82) is 0 Å². The average Bonchev–Trinajstić information content (AvgIpc) is 2.84. The second-order valence-electron chi connectivity index (χ2n) is 6.18. The summed E-state index contributed by atoms with van der Waals surface area (Å²) in [6, 6.07) is 3.49. The molecule has 1 aliphatic heterocycles. The van der Waals surface area contributed by atoms with Crippen LogP contribution in [0.25, 0.3) is 0 Å². The molecular weight excluding hydrogens is 286 g/mol. The molecule has 0 spiro atoms. The number of hydrogen-bond donors (Lipinski definition) is 1. The molecule has 1 aromatic carbocycles. The molecule has 1 N–H and O–H groups in total. The quantitative estimate of drug-likeness (QED) is 0.839. The number of fused-ring (bicyclic) bond motifs is 1. The van der Waals surface area contributed by atoms with Crippen molar-refractivity contribution >= 4 is 29.0 Å². The zero-order valence-electron chi connectivity index (χ0n) is 12.1. The number of benzene rings is 1. The van der Waals surface area contributed by atoms with E-state index in [0.29, 0.717) is 29.3 Å². The maximum Gasteiger partial charge on any atom is 0.228 e. The van der Waals surface area contributed by atoms with Crippen LogP contribution >= 0.6 is 11.6 Å². The van der Waals surface area contributed by atoms with Crippen LogP contribution < -0.4 is 5.32 Å². The van der Waals surface area contributed by atoms with Gasteiger partial charge in [0.25, 0.3) is 0 Å². The van der Waals surface area contributed by atoms with E-state index in [1.807, 2.05) is 0 Å². The fourth-order valence-electron chi connectivity index (χ4n) is 3.41. The van der Waals surface area contributed by atoms with Crippen LogP contribution in [0.5, 0.6) is 0 Å². The van der Waals surface area contributed by atoms with Gasteiger partial charge < -0.3 is 5.32 Å². The van der Waals surface area contributed by atoms with E-state index in [-0.39, 0.29) is 11.7 Å². The topological polar surface area (TPSA) is 46.2 Å². The third kappa shape index (κ3) is 3.29. The molecule has 1 amide bonds. The molecule has 1 fully saturated rings. The van der Waals surface area contributed by atoms with Gasteiger partial charge in [-0.25, -0.2) is 0 Å². The number of anilines is 1. The second-order valence-corrected chi connectivity index (χ2v) is 6.59. The van der Waals surface area contributed by atoms with E-state index in [0.717, 1.165) is 17.7 Å². The molecule has 1 saturated carbocycles. The molecule has 0 saturated heterocycles. The molecule has 3 rings (SSSR count). The molecule has 0 bridgehead atoms. The predicted octanol–water partition coefficient (Wildman–Crippen LogP) is 4.38. The monoisotopic (exact) mass is 305 g/mol. The maximum atomic E-state index is 12.4. The Morgan fingerprint density at radius 2 is 2.00 bits per heavy atom. The highest BCUT2D eigenvalue weighted by Gasteiger charge is 2.22. The lowest BCUT2D eigenvalue weighted by Gasteiger charge is -2.21. The lowest BCUT2D eigenvalue weighted by Crippen LogP contribution is -2.09. The minimum Gasteiger partial charge on any atom is -0.325 e. The summed E-state index contributed by atoms with van der Waals surface area (Å²) in [4.78, 5) is 23.8. The van der Waals surface area contributed by atoms with Crippen molar-refractivity contribution in [2.24, 2.45) is 5.92 Å². The first-order valence-corrected chi connectivity index (χ1v) is 8.17. The first-order chi connectivity index (χ1) is 10.1. The summed E-state index contributed by atoms with van der Waals surface area (Å²) in [5, 5.41) is 3.20. The Hall–Kier alpha value is -1.35. The Balaban J connectivity index is 1.67. The van der Waals surface area contributed by atoms with Crippen LogP contribution in [0.3, 0.4) is 0 Å². The molecule has 1 aliphatic carbocycles. The lowest BCUT2D eigenvalue weighted by molar-refractivity contribution is -0.115. The van der Waals surface area contributed by atoms with Crippen molar-refractivity contribution in [3.05, 3.63) is 28.3 Å². The normalized spacial score (nSPS) is 18.4. The van der Waals surface area contributed by atoms with E-state index in [9.17, 15) is 9.59 Å². The SMILES string of the molecule is O=C1Cc2cc(C(=O)CCC3CCCCC3)c(Cl)cc2N1. The van der Waals surface area contributed by atoms with E-state index in [4.69, 9.17) is 11.6 Å². The predicted molar refractivity (Wildman–Crippen MR) is 83.9 cm³/mol. The van der Waals surface area contributed by atoms with Crippen LogP contribution in [-0.4, -0.2) is 11.7 Å². The average molecular weight is 306 g/mol. The van der Waals surface area contributed by atoms with Crippen LogP contribution in [0.4, 0.5) is 5.69 Å². The van der Waals surface area contributed by atoms with Gasteiger partial charge >= 0.3 is 0 Å². The zero-order chi connectivity index (χ0) is 14.8. The highest BCUT2D eigenvalue weighted by atomic mass is 35.5. The molecule has 21 heavy (non-hydrogen) atoms. The summed E-state index contributed by atoms with van der Waals surface area (Å²) in [6.45, 7) is 0. The van der Waals surface area contributed by atoms with Gasteiger partial charge in [-0.3, -0.25) is 9.59 Å². The Labute approximate surface area is 130 Å². The van der Waals surface area contributed by atoms with E-state index < -0.39 is 0 Å². The van der Waals surface area contributed by atoms with Crippen LogP contribution in [0.1, 0.15) is 60.9 Å². The summed E-state index contributed by atoms with van der Waals surface area (Å²) >= 11 is 6.20. The van der Waals surface area contributed by atoms with E-state index >= 15 is 0 Å². The third-order valence-corrected chi connectivity index (χ3v) is 4.94. The summed E-state index contributed by atoms with van der Waals surface area (Å²) in [7, 11) is 0. The number of ketones is 1. The largest absolute Gasteiger partial charge is 0.325 e.